The Bertz CT molecular complexity index is 1430. The van der Waals surface area contributed by atoms with Crippen molar-refractivity contribution in [2.75, 3.05) is 26.2 Å². The SMILES string of the molecule is COc1cc([C@H]2c3c(oc4ccc(Cl)cc4c3=O)C(=O)N2c2nncs2)cc(OC)c1OC. The first-order chi connectivity index (χ1) is 16.0. The molecule has 0 radical (unpaired) electrons. The Kier molecular flexibility index (Phi) is 5.18. The number of amides is 1. The molecule has 4 aromatic rings. The molecule has 0 bridgehead atoms. The molecule has 3 heterocycles. The van der Waals surface area contributed by atoms with Gasteiger partial charge in [-0.15, -0.1) is 10.2 Å². The molecule has 1 aliphatic rings. The Labute approximate surface area is 196 Å². The normalized spacial score (nSPS) is 15.1. The number of rotatable bonds is 5. The molecule has 1 amide bonds. The van der Waals surface area contributed by atoms with Crippen LogP contribution in [0.2, 0.25) is 5.02 Å². The minimum absolute atomic E-state index is 0.0659. The Hall–Kier alpha value is -3.63. The van der Waals surface area contributed by atoms with Gasteiger partial charge < -0.3 is 18.6 Å². The molecular weight excluding hydrogens is 470 g/mol. The Morgan fingerprint density at radius 3 is 2.39 bits per heavy atom. The average molecular weight is 486 g/mol. The van der Waals surface area contributed by atoms with Crippen molar-refractivity contribution in [3.05, 3.63) is 68.0 Å². The number of anilines is 1. The van der Waals surface area contributed by atoms with Crippen molar-refractivity contribution in [3.63, 3.8) is 0 Å². The van der Waals surface area contributed by atoms with Crippen molar-refractivity contribution < 1.29 is 23.4 Å². The number of carbonyl (C=O) groups is 1. The summed E-state index contributed by atoms with van der Waals surface area (Å²) in [4.78, 5) is 28.5. The molecule has 1 atom stereocenters. The van der Waals surface area contributed by atoms with Crippen LogP contribution in [0.25, 0.3) is 11.0 Å². The minimum atomic E-state index is -0.867. The largest absolute Gasteiger partial charge is 0.493 e. The number of ether oxygens (including phenoxy) is 3. The highest BCUT2D eigenvalue weighted by Crippen LogP contribution is 2.46. The van der Waals surface area contributed by atoms with Crippen LogP contribution in [-0.2, 0) is 0 Å². The summed E-state index contributed by atoms with van der Waals surface area (Å²) >= 11 is 7.29. The number of fused-ring (bicyclic) bond motifs is 2. The Morgan fingerprint density at radius 2 is 1.79 bits per heavy atom. The van der Waals surface area contributed by atoms with Crippen molar-refractivity contribution >= 4 is 44.9 Å². The number of nitrogens with zero attached hydrogens (tertiary/aromatic N) is 3. The number of carbonyl (C=O) groups excluding carboxylic acids is 1. The van der Waals surface area contributed by atoms with Crippen LogP contribution >= 0.6 is 22.9 Å². The van der Waals surface area contributed by atoms with Crippen LogP contribution in [0.15, 0.2) is 45.1 Å². The van der Waals surface area contributed by atoms with E-state index in [0.29, 0.717) is 33.0 Å². The van der Waals surface area contributed by atoms with Crippen molar-refractivity contribution in [2.45, 2.75) is 6.04 Å². The first-order valence-electron chi connectivity index (χ1n) is 9.64. The van der Waals surface area contributed by atoms with Crippen LogP contribution in [0.5, 0.6) is 17.2 Å². The molecule has 1 aliphatic heterocycles. The fourth-order valence-electron chi connectivity index (χ4n) is 3.99. The number of hydrogen-bond acceptors (Lipinski definition) is 9. The third-order valence-corrected chi connectivity index (χ3v) is 6.31. The molecule has 2 aromatic carbocycles. The Morgan fingerprint density at radius 1 is 1.06 bits per heavy atom. The molecule has 2 aromatic heterocycles. The highest BCUT2D eigenvalue weighted by molar-refractivity contribution is 7.13. The van der Waals surface area contributed by atoms with Gasteiger partial charge in [0.05, 0.1) is 38.3 Å². The van der Waals surface area contributed by atoms with E-state index in [-0.39, 0.29) is 27.7 Å². The smallest absolute Gasteiger partial charge is 0.297 e. The number of hydrogen-bond donors (Lipinski definition) is 0. The standard InChI is InChI=1S/C22H16ClN3O6S/c1-29-14-6-10(7-15(30-2)19(14)31-3)17-16-18(27)12-8-11(23)4-5-13(12)32-20(16)21(28)26(17)22-25-24-9-33-22/h4-9,17H,1-3H3/t17-/m0/s1. The third-order valence-electron chi connectivity index (χ3n) is 5.39. The molecule has 11 heteroatoms. The Balaban J connectivity index is 1.84. The number of aromatic nitrogens is 2. The fraction of sp³-hybridized carbons (Fsp3) is 0.182. The second-order valence-electron chi connectivity index (χ2n) is 7.07. The first kappa shape index (κ1) is 21.2. The second-order valence-corrected chi connectivity index (χ2v) is 8.32. The van der Waals surface area contributed by atoms with E-state index in [0.717, 1.165) is 11.3 Å². The monoisotopic (exact) mass is 485 g/mol. The van der Waals surface area contributed by atoms with E-state index in [1.165, 1.54) is 37.8 Å². The average Bonchev–Trinajstić information content (AvgIpc) is 3.45. The zero-order chi connectivity index (χ0) is 23.3. The van der Waals surface area contributed by atoms with Gasteiger partial charge in [-0.05, 0) is 35.9 Å². The van der Waals surface area contributed by atoms with E-state index in [2.05, 4.69) is 10.2 Å². The molecule has 0 saturated carbocycles. The van der Waals surface area contributed by atoms with Crippen molar-refractivity contribution in [1.82, 2.24) is 10.2 Å². The molecule has 0 unspecified atom stereocenters. The van der Waals surface area contributed by atoms with Crippen molar-refractivity contribution in [2.24, 2.45) is 0 Å². The zero-order valence-corrected chi connectivity index (χ0v) is 19.2. The molecule has 0 N–H and O–H groups in total. The number of benzene rings is 2. The summed E-state index contributed by atoms with van der Waals surface area (Å²) in [6, 6.07) is 7.18. The minimum Gasteiger partial charge on any atom is -0.493 e. The van der Waals surface area contributed by atoms with Gasteiger partial charge in [-0.2, -0.15) is 0 Å². The summed E-state index contributed by atoms with van der Waals surface area (Å²) < 4.78 is 22.3. The number of methoxy groups -OCH3 is 3. The van der Waals surface area contributed by atoms with Gasteiger partial charge in [-0.3, -0.25) is 14.5 Å². The maximum absolute atomic E-state index is 13.6. The van der Waals surface area contributed by atoms with Gasteiger partial charge in [0.15, 0.2) is 16.9 Å². The number of halogens is 1. The van der Waals surface area contributed by atoms with Gasteiger partial charge in [0.1, 0.15) is 11.1 Å². The van der Waals surface area contributed by atoms with E-state index >= 15 is 0 Å². The molecular formula is C22H16ClN3O6S. The summed E-state index contributed by atoms with van der Waals surface area (Å²) in [5, 5.41) is 8.88. The van der Waals surface area contributed by atoms with Crippen molar-refractivity contribution in [1.29, 1.82) is 0 Å². The van der Waals surface area contributed by atoms with E-state index in [1.807, 2.05) is 0 Å². The molecule has 9 nitrogen and oxygen atoms in total. The fourth-order valence-corrected chi connectivity index (χ4v) is 4.75. The van der Waals surface area contributed by atoms with Gasteiger partial charge in [0.25, 0.3) is 5.91 Å². The van der Waals surface area contributed by atoms with E-state index in [1.54, 1.807) is 24.3 Å². The lowest BCUT2D eigenvalue weighted by atomic mass is 9.98. The summed E-state index contributed by atoms with van der Waals surface area (Å²) in [5.41, 5.74) is 2.11. The maximum atomic E-state index is 13.6. The van der Waals surface area contributed by atoms with Crippen LogP contribution in [0.4, 0.5) is 5.13 Å². The van der Waals surface area contributed by atoms with Gasteiger partial charge in [-0.25, -0.2) is 0 Å². The van der Waals surface area contributed by atoms with E-state index < -0.39 is 11.9 Å². The third kappa shape index (κ3) is 3.21. The predicted molar refractivity (Wildman–Crippen MR) is 122 cm³/mol. The highest BCUT2D eigenvalue weighted by Gasteiger charge is 2.45. The topological polar surface area (TPSA) is 104 Å². The summed E-state index contributed by atoms with van der Waals surface area (Å²) in [6.45, 7) is 0. The van der Waals surface area contributed by atoms with Crippen LogP contribution in [-0.4, -0.2) is 37.4 Å². The van der Waals surface area contributed by atoms with Crippen LogP contribution in [0.1, 0.15) is 27.7 Å². The summed E-state index contributed by atoms with van der Waals surface area (Å²) in [6.07, 6.45) is 0. The predicted octanol–water partition coefficient (Wildman–Crippen LogP) is 4.07. The van der Waals surface area contributed by atoms with Crippen molar-refractivity contribution in [3.8, 4) is 17.2 Å². The molecule has 0 fully saturated rings. The summed E-state index contributed by atoms with van der Waals surface area (Å²) in [7, 11) is 4.47. The highest BCUT2D eigenvalue weighted by atomic mass is 35.5. The molecule has 33 heavy (non-hydrogen) atoms. The van der Waals surface area contributed by atoms with E-state index in [4.69, 9.17) is 30.2 Å². The lowest BCUT2D eigenvalue weighted by Gasteiger charge is -2.23. The molecule has 0 aliphatic carbocycles. The lowest BCUT2D eigenvalue weighted by Crippen LogP contribution is -2.29. The first-order valence-corrected chi connectivity index (χ1v) is 10.9. The van der Waals surface area contributed by atoms with Gasteiger partial charge in [0.2, 0.25) is 16.6 Å². The van der Waals surface area contributed by atoms with Crippen LogP contribution in [0.3, 0.4) is 0 Å². The lowest BCUT2D eigenvalue weighted by molar-refractivity contribution is 0.0970. The molecule has 0 saturated heterocycles. The van der Waals surface area contributed by atoms with Crippen LogP contribution < -0.4 is 24.5 Å². The molecule has 168 valence electrons. The summed E-state index contributed by atoms with van der Waals surface area (Å²) in [5.74, 6) is 0.558. The molecule has 0 spiro atoms. The van der Waals surface area contributed by atoms with Gasteiger partial charge in [0, 0.05) is 5.02 Å². The van der Waals surface area contributed by atoms with Gasteiger partial charge in [-0.1, -0.05) is 22.9 Å². The van der Waals surface area contributed by atoms with Gasteiger partial charge >= 0.3 is 0 Å². The molecule has 5 rings (SSSR count). The van der Waals surface area contributed by atoms with Crippen LogP contribution in [0, 0.1) is 0 Å². The van der Waals surface area contributed by atoms with E-state index in [9.17, 15) is 9.59 Å². The quantitative estimate of drug-likeness (QED) is 0.416. The zero-order valence-electron chi connectivity index (χ0n) is 17.6. The second kappa shape index (κ2) is 8.05. The maximum Gasteiger partial charge on any atom is 0.297 e.